The number of aliphatic hydroxyl groups is 1. The fourth-order valence-electron chi connectivity index (χ4n) is 2.92. The monoisotopic (exact) mass is 228 g/mol. The van der Waals surface area contributed by atoms with E-state index in [1.54, 1.807) is 0 Å². The Bertz CT molecular complexity index is 235. The maximum Gasteiger partial charge on any atom is 0.166 e. The second kappa shape index (κ2) is 5.12. The molecule has 0 aromatic carbocycles. The minimum atomic E-state index is 0.226. The van der Waals surface area contributed by atoms with Crippen LogP contribution in [0.4, 0.5) is 0 Å². The molecule has 0 unspecified atom stereocenters. The van der Waals surface area contributed by atoms with Crippen LogP contribution in [-0.2, 0) is 0 Å². The van der Waals surface area contributed by atoms with E-state index in [4.69, 9.17) is 17.3 Å². The van der Waals surface area contributed by atoms with Crippen LogP contribution in [0.5, 0.6) is 0 Å². The maximum atomic E-state index is 8.65. The molecule has 0 radical (unpaired) electrons. The van der Waals surface area contributed by atoms with Gasteiger partial charge in [0.15, 0.2) is 5.11 Å². The topological polar surface area (TPSA) is 44.3 Å². The summed E-state index contributed by atoms with van der Waals surface area (Å²) >= 11 is 5.22. The molecule has 0 heterocycles. The summed E-state index contributed by atoms with van der Waals surface area (Å²) in [6.45, 7) is 0.993. The first kappa shape index (κ1) is 11.1. The second-order valence-electron chi connectivity index (χ2n) is 4.76. The normalized spacial score (nSPS) is 33.0. The van der Waals surface area contributed by atoms with Gasteiger partial charge in [0.2, 0.25) is 0 Å². The summed E-state index contributed by atoms with van der Waals surface area (Å²) < 4.78 is 0. The first-order valence-electron chi connectivity index (χ1n) is 5.95. The molecular weight excluding hydrogens is 208 g/mol. The molecule has 3 nitrogen and oxygen atoms in total. The molecule has 0 aliphatic heterocycles. The molecule has 2 aliphatic rings. The summed E-state index contributed by atoms with van der Waals surface area (Å²) in [6.07, 6.45) is 6.26. The number of hydrogen-bond donors (Lipinski definition) is 3. The predicted octanol–water partition coefficient (Wildman–Crippen LogP) is 1.02. The van der Waals surface area contributed by atoms with E-state index in [0.717, 1.165) is 29.9 Å². The van der Waals surface area contributed by atoms with Crippen molar-refractivity contribution in [3.8, 4) is 0 Å². The molecule has 15 heavy (non-hydrogen) atoms. The van der Waals surface area contributed by atoms with Gasteiger partial charge in [-0.3, -0.25) is 0 Å². The Morgan fingerprint density at radius 3 is 2.80 bits per heavy atom. The van der Waals surface area contributed by atoms with Crippen LogP contribution in [-0.4, -0.2) is 29.4 Å². The average Bonchev–Trinajstić information content (AvgIpc) is 2.79. The summed E-state index contributed by atoms with van der Waals surface area (Å²) in [5.41, 5.74) is 0. The van der Waals surface area contributed by atoms with Gasteiger partial charge in [-0.1, -0.05) is 6.42 Å². The smallest absolute Gasteiger partial charge is 0.166 e. The minimum absolute atomic E-state index is 0.226. The van der Waals surface area contributed by atoms with Gasteiger partial charge in [0, 0.05) is 19.2 Å². The van der Waals surface area contributed by atoms with Gasteiger partial charge < -0.3 is 15.7 Å². The summed E-state index contributed by atoms with van der Waals surface area (Å²) in [7, 11) is 0. The van der Waals surface area contributed by atoms with Crippen molar-refractivity contribution < 1.29 is 5.11 Å². The van der Waals surface area contributed by atoms with E-state index >= 15 is 0 Å². The molecule has 0 aromatic rings. The lowest BCUT2D eigenvalue weighted by Gasteiger charge is -2.24. The lowest BCUT2D eigenvalue weighted by molar-refractivity contribution is 0.289. The quantitative estimate of drug-likeness (QED) is 0.496. The highest BCUT2D eigenvalue weighted by atomic mass is 32.1. The number of hydrogen-bond acceptors (Lipinski definition) is 2. The van der Waals surface area contributed by atoms with Crippen molar-refractivity contribution >= 4 is 17.3 Å². The largest absolute Gasteiger partial charge is 0.396 e. The van der Waals surface area contributed by atoms with Crippen LogP contribution in [0.25, 0.3) is 0 Å². The predicted molar refractivity (Wildman–Crippen MR) is 64.7 cm³/mol. The number of fused-ring (bicyclic) bond motifs is 2. The highest BCUT2D eigenvalue weighted by molar-refractivity contribution is 7.80. The van der Waals surface area contributed by atoms with Crippen molar-refractivity contribution in [3.05, 3.63) is 0 Å². The molecular formula is C11H20N2OS. The SMILES string of the molecule is OCCCNC(=S)N[C@H]1C[C@H]2CC[C@@H]1C2. The van der Waals surface area contributed by atoms with E-state index in [1.165, 1.54) is 25.7 Å². The van der Waals surface area contributed by atoms with Gasteiger partial charge in [-0.25, -0.2) is 0 Å². The lowest BCUT2D eigenvalue weighted by atomic mass is 9.96. The molecule has 2 rings (SSSR count). The molecule has 3 N–H and O–H groups in total. The van der Waals surface area contributed by atoms with Crippen LogP contribution in [0.15, 0.2) is 0 Å². The zero-order chi connectivity index (χ0) is 10.7. The van der Waals surface area contributed by atoms with Gasteiger partial charge in [-0.05, 0) is 49.7 Å². The highest BCUT2D eigenvalue weighted by Gasteiger charge is 2.39. The second-order valence-corrected chi connectivity index (χ2v) is 5.17. The molecule has 86 valence electrons. The Kier molecular flexibility index (Phi) is 3.81. The summed E-state index contributed by atoms with van der Waals surface area (Å²) in [6, 6.07) is 0.609. The molecule has 2 aliphatic carbocycles. The van der Waals surface area contributed by atoms with Crippen molar-refractivity contribution in [3.63, 3.8) is 0 Å². The molecule has 0 amide bonds. The molecule has 0 spiro atoms. The van der Waals surface area contributed by atoms with Gasteiger partial charge in [0.1, 0.15) is 0 Å². The van der Waals surface area contributed by atoms with Gasteiger partial charge in [0.25, 0.3) is 0 Å². The van der Waals surface area contributed by atoms with E-state index in [9.17, 15) is 0 Å². The summed E-state index contributed by atoms with van der Waals surface area (Å²) in [4.78, 5) is 0. The molecule has 0 aromatic heterocycles. The molecule has 2 bridgehead atoms. The van der Waals surface area contributed by atoms with Crippen molar-refractivity contribution in [2.75, 3.05) is 13.2 Å². The highest BCUT2D eigenvalue weighted by Crippen LogP contribution is 2.44. The molecule has 0 saturated heterocycles. The molecule has 2 fully saturated rings. The summed E-state index contributed by atoms with van der Waals surface area (Å²) in [5.74, 6) is 1.81. The number of rotatable bonds is 4. The van der Waals surface area contributed by atoms with Gasteiger partial charge in [-0.15, -0.1) is 0 Å². The van der Waals surface area contributed by atoms with Crippen molar-refractivity contribution in [1.29, 1.82) is 0 Å². The van der Waals surface area contributed by atoms with Crippen LogP contribution < -0.4 is 10.6 Å². The van der Waals surface area contributed by atoms with Gasteiger partial charge in [-0.2, -0.15) is 0 Å². The zero-order valence-electron chi connectivity index (χ0n) is 9.04. The van der Waals surface area contributed by atoms with Crippen LogP contribution in [0, 0.1) is 11.8 Å². The maximum absolute atomic E-state index is 8.65. The lowest BCUT2D eigenvalue weighted by Crippen LogP contribution is -2.44. The Balaban J connectivity index is 1.66. The van der Waals surface area contributed by atoms with Crippen LogP contribution >= 0.6 is 12.2 Å². The van der Waals surface area contributed by atoms with Crippen LogP contribution in [0.1, 0.15) is 32.1 Å². The fourth-order valence-corrected chi connectivity index (χ4v) is 3.18. The standard InChI is InChI=1S/C11H20N2OS/c14-5-1-4-12-11(15)13-10-7-8-2-3-9(10)6-8/h8-10,14H,1-7H2,(H2,12,13,15)/t8-,9+,10-/m0/s1. The number of thiocarbonyl (C=S) groups is 1. The molecule has 4 heteroatoms. The van der Waals surface area contributed by atoms with Gasteiger partial charge in [0.05, 0.1) is 0 Å². The Hall–Kier alpha value is -0.350. The Morgan fingerprint density at radius 1 is 1.33 bits per heavy atom. The van der Waals surface area contributed by atoms with E-state index in [2.05, 4.69) is 10.6 Å². The third-order valence-corrected chi connectivity index (χ3v) is 3.94. The minimum Gasteiger partial charge on any atom is -0.396 e. The number of nitrogens with one attached hydrogen (secondary N) is 2. The van der Waals surface area contributed by atoms with Gasteiger partial charge >= 0.3 is 0 Å². The molecule has 2 saturated carbocycles. The van der Waals surface area contributed by atoms with E-state index in [-0.39, 0.29) is 6.61 Å². The number of aliphatic hydroxyl groups excluding tert-OH is 1. The third-order valence-electron chi connectivity index (χ3n) is 3.68. The fraction of sp³-hybridized carbons (Fsp3) is 0.909. The zero-order valence-corrected chi connectivity index (χ0v) is 9.85. The Labute approximate surface area is 96.6 Å². The Morgan fingerprint density at radius 2 is 2.20 bits per heavy atom. The van der Waals surface area contributed by atoms with Crippen LogP contribution in [0.3, 0.4) is 0 Å². The van der Waals surface area contributed by atoms with E-state index < -0.39 is 0 Å². The van der Waals surface area contributed by atoms with Crippen LogP contribution in [0.2, 0.25) is 0 Å². The van der Waals surface area contributed by atoms with Crippen molar-refractivity contribution in [2.45, 2.75) is 38.1 Å². The van der Waals surface area contributed by atoms with Crippen molar-refractivity contribution in [2.24, 2.45) is 11.8 Å². The summed E-state index contributed by atoms with van der Waals surface area (Å²) in [5, 5.41) is 15.9. The van der Waals surface area contributed by atoms with E-state index in [1.807, 2.05) is 0 Å². The van der Waals surface area contributed by atoms with E-state index in [0.29, 0.717) is 6.04 Å². The first-order chi connectivity index (χ1) is 7.29. The first-order valence-corrected chi connectivity index (χ1v) is 6.35. The molecule has 3 atom stereocenters. The average molecular weight is 228 g/mol. The third kappa shape index (κ3) is 2.82. The van der Waals surface area contributed by atoms with Crippen molar-refractivity contribution in [1.82, 2.24) is 10.6 Å².